The Bertz CT molecular complexity index is 1050. The summed E-state index contributed by atoms with van der Waals surface area (Å²) in [6, 6.07) is 11.2. The van der Waals surface area contributed by atoms with E-state index in [0.717, 1.165) is 16.6 Å². The number of ether oxygens (including phenoxy) is 1. The molecule has 8 heteroatoms. The number of carbonyl (C=O) groups excluding carboxylic acids is 1. The first-order valence-electron chi connectivity index (χ1n) is 7.85. The van der Waals surface area contributed by atoms with Crippen molar-refractivity contribution in [3.05, 3.63) is 48.4 Å². The van der Waals surface area contributed by atoms with E-state index in [9.17, 15) is 4.79 Å². The van der Waals surface area contributed by atoms with Crippen LogP contribution in [0.4, 0.5) is 5.69 Å². The zero-order valence-corrected chi connectivity index (χ0v) is 13.6. The molecule has 3 heterocycles. The van der Waals surface area contributed by atoms with Gasteiger partial charge in [0, 0.05) is 41.7 Å². The fraction of sp³-hybridized carbons (Fsp3) is 0.176. The van der Waals surface area contributed by atoms with E-state index in [1.807, 2.05) is 30.5 Å². The minimum atomic E-state index is -0.0884. The number of nitrogens with zero attached hydrogens (tertiary/aromatic N) is 4. The summed E-state index contributed by atoms with van der Waals surface area (Å²) >= 11 is 0. The summed E-state index contributed by atoms with van der Waals surface area (Å²) in [5.41, 5.74) is 2.42. The van der Waals surface area contributed by atoms with Gasteiger partial charge in [-0.2, -0.15) is 4.52 Å². The average Bonchev–Trinajstić information content (AvgIpc) is 3.25. The molecule has 0 aliphatic rings. The molecule has 25 heavy (non-hydrogen) atoms. The van der Waals surface area contributed by atoms with Gasteiger partial charge in [0.2, 0.25) is 11.8 Å². The number of benzene rings is 1. The van der Waals surface area contributed by atoms with Crippen LogP contribution in [0.1, 0.15) is 12.2 Å². The van der Waals surface area contributed by atoms with Crippen LogP contribution in [-0.4, -0.2) is 37.8 Å². The monoisotopic (exact) mass is 336 g/mol. The third kappa shape index (κ3) is 3.01. The Labute approximate surface area is 142 Å². The Morgan fingerprint density at radius 2 is 2.16 bits per heavy atom. The quantitative estimate of drug-likeness (QED) is 0.582. The molecule has 0 bridgehead atoms. The smallest absolute Gasteiger partial charge is 0.231 e. The summed E-state index contributed by atoms with van der Waals surface area (Å²) in [5.74, 6) is 0.998. The number of aryl methyl sites for hydroxylation is 1. The second-order valence-electron chi connectivity index (χ2n) is 5.59. The van der Waals surface area contributed by atoms with Gasteiger partial charge in [-0.05, 0) is 30.3 Å². The summed E-state index contributed by atoms with van der Waals surface area (Å²) < 4.78 is 6.71. The van der Waals surface area contributed by atoms with Crippen LogP contribution in [0.5, 0.6) is 5.88 Å². The number of aromatic amines is 1. The number of H-pyrrole nitrogens is 1. The SMILES string of the molecule is COc1ccc2nnc(CCC(=O)Nc3ccc4[nH]ccc4c3)n2n1. The number of amides is 1. The van der Waals surface area contributed by atoms with Crippen LogP contribution in [0.2, 0.25) is 0 Å². The lowest BCUT2D eigenvalue weighted by Crippen LogP contribution is -2.13. The van der Waals surface area contributed by atoms with Crippen LogP contribution in [0.15, 0.2) is 42.6 Å². The molecule has 3 aromatic heterocycles. The predicted octanol–water partition coefficient (Wildman–Crippen LogP) is 2.19. The lowest BCUT2D eigenvalue weighted by Gasteiger charge is -2.05. The van der Waals surface area contributed by atoms with Crippen LogP contribution in [-0.2, 0) is 11.2 Å². The minimum Gasteiger partial charge on any atom is -0.480 e. The largest absolute Gasteiger partial charge is 0.480 e. The van der Waals surface area contributed by atoms with Crippen LogP contribution < -0.4 is 10.1 Å². The lowest BCUT2D eigenvalue weighted by molar-refractivity contribution is -0.116. The average molecular weight is 336 g/mol. The molecule has 0 unspecified atom stereocenters. The van der Waals surface area contributed by atoms with Gasteiger partial charge in [-0.25, -0.2) is 0 Å². The van der Waals surface area contributed by atoms with E-state index in [4.69, 9.17) is 4.74 Å². The van der Waals surface area contributed by atoms with E-state index in [1.165, 1.54) is 0 Å². The van der Waals surface area contributed by atoms with Crippen LogP contribution in [0.25, 0.3) is 16.6 Å². The van der Waals surface area contributed by atoms with Gasteiger partial charge in [0.15, 0.2) is 11.5 Å². The highest BCUT2D eigenvalue weighted by Gasteiger charge is 2.11. The predicted molar refractivity (Wildman–Crippen MR) is 92.6 cm³/mol. The molecule has 4 rings (SSSR count). The van der Waals surface area contributed by atoms with Gasteiger partial charge in [-0.1, -0.05) is 0 Å². The van der Waals surface area contributed by atoms with Gasteiger partial charge in [-0.3, -0.25) is 4.79 Å². The van der Waals surface area contributed by atoms with E-state index >= 15 is 0 Å². The van der Waals surface area contributed by atoms with Gasteiger partial charge in [0.25, 0.3) is 0 Å². The molecule has 1 aromatic carbocycles. The highest BCUT2D eigenvalue weighted by Crippen LogP contribution is 2.18. The number of hydrogen-bond donors (Lipinski definition) is 2. The van der Waals surface area contributed by atoms with Gasteiger partial charge in [-0.15, -0.1) is 15.3 Å². The van der Waals surface area contributed by atoms with E-state index in [2.05, 4.69) is 25.6 Å². The van der Waals surface area contributed by atoms with E-state index in [0.29, 0.717) is 23.8 Å². The normalized spacial score (nSPS) is 11.1. The number of methoxy groups -OCH3 is 1. The summed E-state index contributed by atoms with van der Waals surface area (Å²) in [5, 5.41) is 16.4. The van der Waals surface area contributed by atoms with Gasteiger partial charge >= 0.3 is 0 Å². The molecule has 0 saturated heterocycles. The molecule has 0 fully saturated rings. The van der Waals surface area contributed by atoms with Crippen molar-refractivity contribution in [1.82, 2.24) is 24.8 Å². The number of hydrogen-bond acceptors (Lipinski definition) is 5. The maximum absolute atomic E-state index is 12.2. The van der Waals surface area contributed by atoms with Crippen molar-refractivity contribution < 1.29 is 9.53 Å². The summed E-state index contributed by atoms with van der Waals surface area (Å²) in [7, 11) is 1.55. The fourth-order valence-corrected chi connectivity index (χ4v) is 2.66. The highest BCUT2D eigenvalue weighted by atomic mass is 16.5. The van der Waals surface area contributed by atoms with Crippen molar-refractivity contribution in [1.29, 1.82) is 0 Å². The Balaban J connectivity index is 1.44. The van der Waals surface area contributed by atoms with Gasteiger partial charge in [0.05, 0.1) is 7.11 Å². The third-order valence-electron chi connectivity index (χ3n) is 3.92. The fourth-order valence-electron chi connectivity index (χ4n) is 2.66. The zero-order chi connectivity index (χ0) is 17.2. The minimum absolute atomic E-state index is 0.0884. The molecule has 1 amide bonds. The van der Waals surface area contributed by atoms with Crippen LogP contribution >= 0.6 is 0 Å². The first-order valence-corrected chi connectivity index (χ1v) is 7.85. The van der Waals surface area contributed by atoms with E-state index in [1.54, 1.807) is 23.8 Å². The highest BCUT2D eigenvalue weighted by molar-refractivity contribution is 5.93. The number of fused-ring (bicyclic) bond motifs is 2. The topological polar surface area (TPSA) is 97.2 Å². The molecule has 0 spiro atoms. The summed E-state index contributed by atoms with van der Waals surface area (Å²) in [6.45, 7) is 0. The molecule has 2 N–H and O–H groups in total. The molecule has 4 aromatic rings. The first kappa shape index (κ1) is 15.1. The molecule has 0 atom stereocenters. The second-order valence-corrected chi connectivity index (χ2v) is 5.59. The molecule has 0 aliphatic heterocycles. The molecular weight excluding hydrogens is 320 g/mol. The molecule has 126 valence electrons. The number of anilines is 1. The van der Waals surface area contributed by atoms with E-state index < -0.39 is 0 Å². The van der Waals surface area contributed by atoms with Gasteiger partial charge < -0.3 is 15.0 Å². The summed E-state index contributed by atoms with van der Waals surface area (Å²) in [4.78, 5) is 15.3. The standard InChI is InChI=1S/C17H16N6O2/c1-25-17-7-5-15-21-20-14(23(15)22-17)4-6-16(24)19-12-2-3-13-11(10-12)8-9-18-13/h2-3,5,7-10,18H,4,6H2,1H3,(H,19,24). The lowest BCUT2D eigenvalue weighted by atomic mass is 10.2. The molecule has 8 nitrogen and oxygen atoms in total. The number of nitrogens with one attached hydrogen (secondary N) is 2. The zero-order valence-electron chi connectivity index (χ0n) is 13.6. The first-order chi connectivity index (χ1) is 12.2. The van der Waals surface area contributed by atoms with Crippen molar-refractivity contribution in [3.63, 3.8) is 0 Å². The van der Waals surface area contributed by atoms with Crippen molar-refractivity contribution in [2.45, 2.75) is 12.8 Å². The second kappa shape index (κ2) is 6.23. The van der Waals surface area contributed by atoms with Crippen LogP contribution in [0.3, 0.4) is 0 Å². The Kier molecular flexibility index (Phi) is 3.77. The van der Waals surface area contributed by atoms with Crippen molar-refractivity contribution in [2.75, 3.05) is 12.4 Å². The van der Waals surface area contributed by atoms with Crippen LogP contribution in [0, 0.1) is 0 Å². The molecule has 0 saturated carbocycles. The Morgan fingerprint density at radius 1 is 1.24 bits per heavy atom. The Morgan fingerprint density at radius 3 is 3.04 bits per heavy atom. The van der Waals surface area contributed by atoms with Crippen molar-refractivity contribution in [3.8, 4) is 5.88 Å². The number of carbonyl (C=O) groups is 1. The van der Waals surface area contributed by atoms with E-state index in [-0.39, 0.29) is 12.3 Å². The maximum Gasteiger partial charge on any atom is 0.231 e. The maximum atomic E-state index is 12.2. The number of rotatable bonds is 5. The van der Waals surface area contributed by atoms with Crippen molar-refractivity contribution >= 4 is 28.1 Å². The number of aromatic nitrogens is 5. The molecule has 0 aliphatic carbocycles. The third-order valence-corrected chi connectivity index (χ3v) is 3.92. The van der Waals surface area contributed by atoms with Crippen molar-refractivity contribution in [2.24, 2.45) is 0 Å². The molecule has 0 radical (unpaired) electrons. The van der Waals surface area contributed by atoms with Gasteiger partial charge in [0.1, 0.15) is 0 Å². The Hall–Kier alpha value is -3.42. The summed E-state index contributed by atoms with van der Waals surface area (Å²) in [6.07, 6.45) is 2.58. The molecular formula is C17H16N6O2.